The minimum Gasteiger partial charge on any atom is -0.381 e. The van der Waals surface area contributed by atoms with E-state index in [1.54, 1.807) is 14.2 Å². The van der Waals surface area contributed by atoms with Gasteiger partial charge >= 0.3 is 0 Å². The first-order chi connectivity index (χ1) is 5.26. The number of rotatable bonds is 2. The summed E-state index contributed by atoms with van der Waals surface area (Å²) < 4.78 is 10.6. The quantitative estimate of drug-likeness (QED) is 0.666. The normalized spacial score (nSPS) is 39.0. The van der Waals surface area contributed by atoms with Crippen molar-refractivity contribution >= 4 is 15.9 Å². The van der Waals surface area contributed by atoms with Gasteiger partial charge in [0.05, 0.1) is 12.2 Å². The van der Waals surface area contributed by atoms with Gasteiger partial charge in [-0.15, -0.1) is 0 Å². The van der Waals surface area contributed by atoms with Crippen molar-refractivity contribution in [1.82, 2.24) is 0 Å². The number of hydrogen-bond donors (Lipinski definition) is 0. The molecule has 0 unspecified atom stereocenters. The van der Waals surface area contributed by atoms with Crippen LogP contribution in [-0.2, 0) is 9.47 Å². The first-order valence-electron chi connectivity index (χ1n) is 3.96. The maximum Gasteiger partial charge on any atom is 0.0606 e. The second kappa shape index (κ2) is 4.43. The van der Waals surface area contributed by atoms with Gasteiger partial charge in [-0.05, 0) is 19.3 Å². The number of alkyl halides is 1. The van der Waals surface area contributed by atoms with Crippen molar-refractivity contribution in [1.29, 1.82) is 0 Å². The van der Waals surface area contributed by atoms with Crippen LogP contribution in [-0.4, -0.2) is 31.3 Å². The van der Waals surface area contributed by atoms with Gasteiger partial charge in [0, 0.05) is 19.0 Å². The van der Waals surface area contributed by atoms with Crippen LogP contribution in [0.15, 0.2) is 0 Å². The maximum absolute atomic E-state index is 5.28. The first kappa shape index (κ1) is 9.49. The molecule has 1 saturated carbocycles. The number of methoxy groups -OCH3 is 2. The summed E-state index contributed by atoms with van der Waals surface area (Å²) >= 11 is 3.59. The van der Waals surface area contributed by atoms with Gasteiger partial charge in [0.25, 0.3) is 0 Å². The molecular formula is C8H15BrO2. The lowest BCUT2D eigenvalue weighted by atomic mass is 9.95. The number of halogens is 1. The Morgan fingerprint density at radius 1 is 1.00 bits per heavy atom. The molecule has 0 aromatic heterocycles. The molecule has 11 heavy (non-hydrogen) atoms. The van der Waals surface area contributed by atoms with E-state index in [2.05, 4.69) is 15.9 Å². The van der Waals surface area contributed by atoms with E-state index < -0.39 is 0 Å². The minimum atomic E-state index is 0.373. The Kier molecular flexibility index (Phi) is 3.82. The molecule has 66 valence electrons. The first-order valence-corrected chi connectivity index (χ1v) is 4.87. The van der Waals surface area contributed by atoms with Crippen LogP contribution < -0.4 is 0 Å². The molecule has 0 bridgehead atoms. The third kappa shape index (κ3) is 2.73. The molecule has 1 rings (SSSR count). The van der Waals surface area contributed by atoms with Gasteiger partial charge in [-0.2, -0.15) is 0 Å². The number of ether oxygens (including phenoxy) is 2. The zero-order valence-electron chi connectivity index (χ0n) is 7.05. The summed E-state index contributed by atoms with van der Waals surface area (Å²) in [5.41, 5.74) is 0. The summed E-state index contributed by atoms with van der Waals surface area (Å²) in [6.07, 6.45) is 4.00. The summed E-state index contributed by atoms with van der Waals surface area (Å²) in [6.45, 7) is 0. The fourth-order valence-electron chi connectivity index (χ4n) is 1.54. The van der Waals surface area contributed by atoms with Crippen molar-refractivity contribution in [3.05, 3.63) is 0 Å². The van der Waals surface area contributed by atoms with Crippen molar-refractivity contribution in [2.75, 3.05) is 14.2 Å². The highest BCUT2D eigenvalue weighted by Crippen LogP contribution is 2.27. The summed E-state index contributed by atoms with van der Waals surface area (Å²) in [5, 5.41) is 0. The molecule has 0 amide bonds. The van der Waals surface area contributed by atoms with Gasteiger partial charge < -0.3 is 9.47 Å². The van der Waals surface area contributed by atoms with Crippen LogP contribution in [0.2, 0.25) is 0 Å². The lowest BCUT2D eigenvalue weighted by Gasteiger charge is -2.30. The molecule has 0 heterocycles. The van der Waals surface area contributed by atoms with Crippen LogP contribution in [0.25, 0.3) is 0 Å². The standard InChI is InChI=1S/C8H15BrO2/c1-10-7-3-6(9)4-8(5-7)11-2/h6-8H,3-5H2,1-2H3/t6-,7-,8+. The van der Waals surface area contributed by atoms with Gasteiger partial charge in [-0.1, -0.05) is 15.9 Å². The molecule has 0 aromatic carbocycles. The topological polar surface area (TPSA) is 18.5 Å². The molecule has 0 saturated heterocycles. The second-order valence-corrected chi connectivity index (χ2v) is 4.31. The van der Waals surface area contributed by atoms with E-state index in [1.807, 2.05) is 0 Å². The van der Waals surface area contributed by atoms with E-state index in [0.717, 1.165) is 19.3 Å². The lowest BCUT2D eigenvalue weighted by Crippen LogP contribution is -2.32. The van der Waals surface area contributed by atoms with Crippen molar-refractivity contribution in [3.8, 4) is 0 Å². The van der Waals surface area contributed by atoms with E-state index in [0.29, 0.717) is 17.0 Å². The molecule has 0 aromatic rings. The SMILES string of the molecule is CO[C@@H]1C[C@@H](Br)C[C@H](OC)C1. The van der Waals surface area contributed by atoms with Gasteiger partial charge in [0.2, 0.25) is 0 Å². The van der Waals surface area contributed by atoms with Crippen LogP contribution in [0.4, 0.5) is 0 Å². The smallest absolute Gasteiger partial charge is 0.0606 e. The zero-order valence-corrected chi connectivity index (χ0v) is 8.63. The monoisotopic (exact) mass is 222 g/mol. The van der Waals surface area contributed by atoms with Crippen LogP contribution in [0.1, 0.15) is 19.3 Å². The third-order valence-corrected chi connectivity index (χ3v) is 2.98. The Morgan fingerprint density at radius 2 is 1.45 bits per heavy atom. The fourth-order valence-corrected chi connectivity index (χ4v) is 2.37. The van der Waals surface area contributed by atoms with Crippen molar-refractivity contribution in [3.63, 3.8) is 0 Å². The summed E-state index contributed by atoms with van der Waals surface area (Å²) in [6, 6.07) is 0. The fraction of sp³-hybridized carbons (Fsp3) is 1.00. The Bertz CT molecular complexity index is 107. The van der Waals surface area contributed by atoms with Crippen molar-refractivity contribution in [2.45, 2.75) is 36.3 Å². The molecule has 0 aliphatic heterocycles. The van der Waals surface area contributed by atoms with Gasteiger partial charge in [0.1, 0.15) is 0 Å². The van der Waals surface area contributed by atoms with Crippen LogP contribution in [0.5, 0.6) is 0 Å². The van der Waals surface area contributed by atoms with Gasteiger partial charge in [-0.3, -0.25) is 0 Å². The van der Waals surface area contributed by atoms with Crippen molar-refractivity contribution in [2.24, 2.45) is 0 Å². The Labute approximate surface area is 76.4 Å². The zero-order chi connectivity index (χ0) is 8.27. The molecule has 0 radical (unpaired) electrons. The predicted octanol–water partition coefficient (Wildman–Crippen LogP) is 1.96. The molecule has 1 fully saturated rings. The van der Waals surface area contributed by atoms with Gasteiger partial charge in [0.15, 0.2) is 0 Å². The van der Waals surface area contributed by atoms with E-state index >= 15 is 0 Å². The second-order valence-electron chi connectivity index (χ2n) is 3.02. The highest BCUT2D eigenvalue weighted by Gasteiger charge is 2.26. The van der Waals surface area contributed by atoms with Gasteiger partial charge in [-0.25, -0.2) is 0 Å². The summed E-state index contributed by atoms with van der Waals surface area (Å²) in [7, 11) is 3.53. The minimum absolute atomic E-state index is 0.373. The summed E-state index contributed by atoms with van der Waals surface area (Å²) in [5.74, 6) is 0. The largest absolute Gasteiger partial charge is 0.381 e. The van der Waals surface area contributed by atoms with E-state index in [1.165, 1.54) is 0 Å². The molecule has 0 N–H and O–H groups in total. The predicted molar refractivity (Wildman–Crippen MR) is 48.2 cm³/mol. The Hall–Kier alpha value is 0.400. The molecule has 0 spiro atoms. The van der Waals surface area contributed by atoms with E-state index in [4.69, 9.17) is 9.47 Å². The van der Waals surface area contributed by atoms with Crippen LogP contribution >= 0.6 is 15.9 Å². The molecule has 2 nitrogen and oxygen atoms in total. The number of hydrogen-bond acceptors (Lipinski definition) is 2. The van der Waals surface area contributed by atoms with Crippen molar-refractivity contribution < 1.29 is 9.47 Å². The highest BCUT2D eigenvalue weighted by atomic mass is 79.9. The Balaban J connectivity index is 2.37. The average molecular weight is 223 g/mol. The Morgan fingerprint density at radius 3 is 1.82 bits per heavy atom. The molecule has 3 atom stereocenters. The molecule has 1 aliphatic carbocycles. The summed E-state index contributed by atoms with van der Waals surface area (Å²) in [4.78, 5) is 0.561. The maximum atomic E-state index is 5.28. The van der Waals surface area contributed by atoms with Crippen LogP contribution in [0, 0.1) is 0 Å². The highest BCUT2D eigenvalue weighted by molar-refractivity contribution is 9.09. The average Bonchev–Trinajstić information content (AvgIpc) is 2.03. The van der Waals surface area contributed by atoms with E-state index in [9.17, 15) is 0 Å². The van der Waals surface area contributed by atoms with Crippen LogP contribution in [0.3, 0.4) is 0 Å². The lowest BCUT2D eigenvalue weighted by molar-refractivity contribution is -0.00619. The van der Waals surface area contributed by atoms with E-state index in [-0.39, 0.29) is 0 Å². The molecular weight excluding hydrogens is 208 g/mol. The molecule has 1 aliphatic rings. The molecule has 3 heteroatoms. The third-order valence-electron chi connectivity index (χ3n) is 2.23.